The first kappa shape index (κ1) is 11.3. The normalized spacial score (nSPS) is 18.6. The van der Waals surface area contributed by atoms with E-state index in [1.165, 1.54) is 0 Å². The molecule has 0 aromatic rings. The van der Waals surface area contributed by atoms with E-state index in [9.17, 15) is 13.2 Å². The molecular formula is C4H4BrClF3I. The summed E-state index contributed by atoms with van der Waals surface area (Å²) >= 11 is 8.31. The molecule has 10 heavy (non-hydrogen) atoms. The zero-order chi connectivity index (χ0) is 8.41. The maximum Gasteiger partial charge on any atom is 0.364 e. The van der Waals surface area contributed by atoms with Gasteiger partial charge in [0.05, 0.1) is 0 Å². The van der Waals surface area contributed by atoms with Crippen LogP contribution in [0.4, 0.5) is 13.2 Å². The molecule has 0 N–H and O–H groups in total. The molecule has 0 bridgehead atoms. The lowest BCUT2D eigenvalue weighted by Gasteiger charge is -2.21. The van der Waals surface area contributed by atoms with Crippen molar-refractivity contribution in [2.45, 2.75) is 15.5 Å². The first-order valence-corrected chi connectivity index (χ1v) is 4.89. The lowest BCUT2D eigenvalue weighted by molar-refractivity contribution is -0.00470. The molecule has 0 nitrogen and oxygen atoms in total. The molecule has 0 spiro atoms. The molecule has 0 aromatic heterocycles. The third kappa shape index (κ3) is 3.13. The quantitative estimate of drug-likeness (QED) is 0.537. The van der Waals surface area contributed by atoms with E-state index in [0.29, 0.717) is 0 Å². The number of rotatable bonds is 3. The van der Waals surface area contributed by atoms with E-state index in [1.54, 1.807) is 0 Å². The largest absolute Gasteiger partial charge is 0.364 e. The SMILES string of the molecule is FC(F)(Cl)C(F)(I)CCBr. The molecule has 1 atom stereocenters. The molecule has 0 aliphatic heterocycles. The van der Waals surface area contributed by atoms with Gasteiger partial charge in [0.1, 0.15) is 0 Å². The van der Waals surface area contributed by atoms with Gasteiger partial charge in [0, 0.05) is 11.8 Å². The summed E-state index contributed by atoms with van der Waals surface area (Å²) in [6.07, 6.45) is -0.315. The van der Waals surface area contributed by atoms with E-state index in [-0.39, 0.29) is 11.8 Å². The molecule has 62 valence electrons. The number of hydrogen-bond acceptors (Lipinski definition) is 0. The number of alkyl halides is 6. The summed E-state index contributed by atoms with van der Waals surface area (Å²) in [5.74, 6) is 0. The van der Waals surface area contributed by atoms with Crippen molar-refractivity contribution in [3.63, 3.8) is 0 Å². The molecule has 0 amide bonds. The highest BCUT2D eigenvalue weighted by Crippen LogP contribution is 2.44. The van der Waals surface area contributed by atoms with Crippen LogP contribution in [0.3, 0.4) is 0 Å². The van der Waals surface area contributed by atoms with E-state index < -0.39 is 9.06 Å². The summed E-state index contributed by atoms with van der Waals surface area (Å²) in [5.41, 5.74) is 0. The predicted octanol–water partition coefficient (Wildman–Crippen LogP) is 3.70. The average molecular weight is 351 g/mol. The Hall–Kier alpha value is 1.29. The van der Waals surface area contributed by atoms with Crippen molar-refractivity contribution in [3.05, 3.63) is 0 Å². The molecule has 0 radical (unpaired) electrons. The smallest absolute Gasteiger partial charge is 0.224 e. The highest BCUT2D eigenvalue weighted by Gasteiger charge is 2.50. The minimum absolute atomic E-state index is 0.161. The fourth-order valence-electron chi connectivity index (χ4n) is 0.260. The Balaban J connectivity index is 4.10. The second-order valence-corrected chi connectivity index (χ2v) is 4.62. The van der Waals surface area contributed by atoms with Crippen LogP contribution >= 0.6 is 50.1 Å². The van der Waals surface area contributed by atoms with Crippen molar-refractivity contribution < 1.29 is 13.2 Å². The first-order valence-electron chi connectivity index (χ1n) is 2.32. The molecule has 0 saturated carbocycles. The van der Waals surface area contributed by atoms with Crippen LogP contribution in [0, 0.1) is 0 Å². The Labute approximate surface area is 83.8 Å². The number of halogens is 6. The zero-order valence-electron chi connectivity index (χ0n) is 4.68. The van der Waals surface area contributed by atoms with Gasteiger partial charge in [0.15, 0.2) is 0 Å². The summed E-state index contributed by atoms with van der Waals surface area (Å²) in [6.45, 7) is 0. The molecule has 0 aromatic carbocycles. The van der Waals surface area contributed by atoms with Crippen molar-refractivity contribution in [3.8, 4) is 0 Å². The Morgan fingerprint density at radius 1 is 1.40 bits per heavy atom. The molecule has 0 aliphatic rings. The van der Waals surface area contributed by atoms with Crippen LogP contribution in [-0.2, 0) is 0 Å². The second kappa shape index (κ2) is 3.80. The standard InChI is InChI=1S/C4H4BrClF3I/c5-2-1-3(7,10)4(6,8)9/h1-2H2. The average Bonchev–Trinajstić information content (AvgIpc) is 1.61. The van der Waals surface area contributed by atoms with E-state index in [1.807, 2.05) is 0 Å². The Morgan fingerprint density at radius 2 is 1.80 bits per heavy atom. The van der Waals surface area contributed by atoms with E-state index in [4.69, 9.17) is 0 Å². The van der Waals surface area contributed by atoms with Crippen LogP contribution in [0.5, 0.6) is 0 Å². The minimum Gasteiger partial charge on any atom is -0.224 e. The Morgan fingerprint density at radius 3 is 1.90 bits per heavy atom. The van der Waals surface area contributed by atoms with Crippen molar-refractivity contribution in [1.29, 1.82) is 0 Å². The summed E-state index contributed by atoms with van der Waals surface area (Å²) in [6, 6.07) is 0. The van der Waals surface area contributed by atoms with E-state index >= 15 is 0 Å². The molecule has 0 rings (SSSR count). The lowest BCUT2D eigenvalue weighted by Crippen LogP contribution is -2.33. The van der Waals surface area contributed by atoms with Gasteiger partial charge in [-0.15, -0.1) is 0 Å². The maximum absolute atomic E-state index is 12.7. The van der Waals surface area contributed by atoms with Gasteiger partial charge in [0.25, 0.3) is 0 Å². The minimum atomic E-state index is -3.79. The number of hydrogen-bond donors (Lipinski definition) is 0. The van der Waals surface area contributed by atoms with Crippen LogP contribution < -0.4 is 0 Å². The molecular weight excluding hydrogens is 347 g/mol. The van der Waals surface area contributed by atoms with Gasteiger partial charge in [-0.05, 0) is 34.2 Å². The van der Waals surface area contributed by atoms with Gasteiger partial charge >= 0.3 is 5.38 Å². The molecule has 0 aliphatic carbocycles. The van der Waals surface area contributed by atoms with Crippen LogP contribution in [0.25, 0.3) is 0 Å². The van der Waals surface area contributed by atoms with Gasteiger partial charge in [-0.25, -0.2) is 4.39 Å². The monoisotopic (exact) mass is 350 g/mol. The van der Waals surface area contributed by atoms with Crippen LogP contribution in [0.1, 0.15) is 6.42 Å². The van der Waals surface area contributed by atoms with Crippen LogP contribution in [0.2, 0.25) is 0 Å². The maximum atomic E-state index is 12.7. The fraction of sp³-hybridized carbons (Fsp3) is 1.00. The van der Waals surface area contributed by atoms with Crippen molar-refractivity contribution in [1.82, 2.24) is 0 Å². The summed E-state index contributed by atoms with van der Waals surface area (Å²) in [7, 11) is 0. The van der Waals surface area contributed by atoms with Gasteiger partial charge in [-0.1, -0.05) is 15.9 Å². The second-order valence-electron chi connectivity index (χ2n) is 1.64. The van der Waals surface area contributed by atoms with Gasteiger partial charge in [-0.3, -0.25) is 0 Å². The molecule has 0 saturated heterocycles. The van der Waals surface area contributed by atoms with Crippen molar-refractivity contribution in [2.75, 3.05) is 5.33 Å². The lowest BCUT2D eigenvalue weighted by atomic mass is 10.3. The fourth-order valence-corrected chi connectivity index (χ4v) is 1.91. The van der Waals surface area contributed by atoms with Gasteiger partial charge in [0.2, 0.25) is 3.68 Å². The predicted molar refractivity (Wildman–Crippen MR) is 47.1 cm³/mol. The molecule has 0 fully saturated rings. The van der Waals surface area contributed by atoms with Crippen molar-refractivity contribution in [2.24, 2.45) is 0 Å². The summed E-state index contributed by atoms with van der Waals surface area (Å²) in [5, 5.41) is -3.63. The molecule has 0 heterocycles. The highest BCUT2D eigenvalue weighted by molar-refractivity contribution is 14.1. The zero-order valence-corrected chi connectivity index (χ0v) is 9.18. The Kier molecular flexibility index (Phi) is 4.29. The van der Waals surface area contributed by atoms with Crippen molar-refractivity contribution >= 4 is 50.1 Å². The Bertz CT molecular complexity index is 114. The summed E-state index contributed by atoms with van der Waals surface area (Å²) < 4.78 is 34.1. The third-order valence-electron chi connectivity index (χ3n) is 0.823. The van der Waals surface area contributed by atoms with Crippen LogP contribution in [-0.4, -0.2) is 14.4 Å². The van der Waals surface area contributed by atoms with Gasteiger partial charge in [-0.2, -0.15) is 8.78 Å². The third-order valence-corrected chi connectivity index (χ3v) is 3.05. The molecule has 6 heteroatoms. The van der Waals surface area contributed by atoms with E-state index in [2.05, 4.69) is 27.5 Å². The molecule has 1 unspecified atom stereocenters. The van der Waals surface area contributed by atoms with E-state index in [0.717, 1.165) is 22.6 Å². The van der Waals surface area contributed by atoms with Gasteiger partial charge < -0.3 is 0 Å². The summed E-state index contributed by atoms with van der Waals surface area (Å²) in [4.78, 5) is 0. The first-order chi connectivity index (χ1) is 4.31. The topological polar surface area (TPSA) is 0 Å². The highest BCUT2D eigenvalue weighted by atomic mass is 127. The van der Waals surface area contributed by atoms with Crippen LogP contribution in [0.15, 0.2) is 0 Å².